The van der Waals surface area contributed by atoms with Gasteiger partial charge in [0.15, 0.2) is 11.5 Å². The second kappa shape index (κ2) is 4.76. The standard InChI is InChI=1S/C14H12O5/c15-10-6-11(19-14(16)7-10)3-1-9-2-4-12-13(5-9)18-8-17-12/h1-5,11H,6-8H2/b3-1+. The molecule has 2 aliphatic heterocycles. The Labute approximate surface area is 109 Å². The monoisotopic (exact) mass is 260 g/mol. The Bertz CT molecular complexity index is 545. The predicted molar refractivity (Wildman–Crippen MR) is 65.7 cm³/mol. The molecule has 0 N–H and O–H groups in total. The molecule has 2 heterocycles. The first-order valence-corrected chi connectivity index (χ1v) is 6.00. The lowest BCUT2D eigenvalue weighted by Crippen LogP contribution is -2.28. The highest BCUT2D eigenvalue weighted by atomic mass is 16.7. The van der Waals surface area contributed by atoms with Crippen LogP contribution in [0.3, 0.4) is 0 Å². The van der Waals surface area contributed by atoms with Gasteiger partial charge in [-0.2, -0.15) is 0 Å². The van der Waals surface area contributed by atoms with Gasteiger partial charge in [0.05, 0.1) is 0 Å². The molecule has 0 saturated carbocycles. The van der Waals surface area contributed by atoms with Gasteiger partial charge in [0.1, 0.15) is 18.3 Å². The molecule has 0 bridgehead atoms. The molecule has 5 nitrogen and oxygen atoms in total. The van der Waals surface area contributed by atoms with E-state index in [1.165, 1.54) is 0 Å². The number of ketones is 1. The van der Waals surface area contributed by atoms with Gasteiger partial charge in [0.25, 0.3) is 0 Å². The van der Waals surface area contributed by atoms with Crippen LogP contribution in [-0.4, -0.2) is 24.6 Å². The largest absolute Gasteiger partial charge is 0.457 e. The van der Waals surface area contributed by atoms with Crippen LogP contribution in [0.15, 0.2) is 24.3 Å². The lowest BCUT2D eigenvalue weighted by molar-refractivity contribution is -0.154. The number of hydrogen-bond acceptors (Lipinski definition) is 5. The molecular formula is C14H12O5. The van der Waals surface area contributed by atoms with Crippen LogP contribution >= 0.6 is 0 Å². The van der Waals surface area contributed by atoms with Crippen molar-refractivity contribution < 1.29 is 23.8 Å². The molecule has 5 heteroatoms. The van der Waals surface area contributed by atoms with Crippen LogP contribution in [0.5, 0.6) is 11.5 Å². The summed E-state index contributed by atoms with van der Waals surface area (Å²) >= 11 is 0. The first kappa shape index (κ1) is 11.8. The van der Waals surface area contributed by atoms with Gasteiger partial charge in [-0.15, -0.1) is 0 Å². The second-order valence-electron chi connectivity index (χ2n) is 4.42. The van der Waals surface area contributed by atoms with Gasteiger partial charge in [0, 0.05) is 6.42 Å². The van der Waals surface area contributed by atoms with Gasteiger partial charge in [0.2, 0.25) is 6.79 Å². The van der Waals surface area contributed by atoms with Crippen molar-refractivity contribution in [3.8, 4) is 11.5 Å². The number of fused-ring (bicyclic) bond motifs is 1. The van der Waals surface area contributed by atoms with Gasteiger partial charge in [-0.05, 0) is 23.8 Å². The number of esters is 1. The number of hydrogen-bond donors (Lipinski definition) is 0. The maximum absolute atomic E-state index is 11.3. The molecule has 0 radical (unpaired) electrons. The van der Waals surface area contributed by atoms with Crippen LogP contribution in [0.2, 0.25) is 0 Å². The summed E-state index contributed by atoms with van der Waals surface area (Å²) in [5, 5.41) is 0. The Kier molecular flexibility index (Phi) is 2.95. The molecule has 1 atom stereocenters. The molecule has 98 valence electrons. The van der Waals surface area contributed by atoms with Crippen LogP contribution in [-0.2, 0) is 14.3 Å². The van der Waals surface area contributed by atoms with Crippen LogP contribution in [0.4, 0.5) is 0 Å². The Morgan fingerprint density at radius 1 is 1.16 bits per heavy atom. The predicted octanol–water partition coefficient (Wildman–Crippen LogP) is 1.70. The van der Waals surface area contributed by atoms with Crippen molar-refractivity contribution in [3.05, 3.63) is 29.8 Å². The summed E-state index contributed by atoms with van der Waals surface area (Å²) in [7, 11) is 0. The second-order valence-corrected chi connectivity index (χ2v) is 4.42. The number of carbonyl (C=O) groups is 2. The lowest BCUT2D eigenvalue weighted by Gasteiger charge is -2.18. The summed E-state index contributed by atoms with van der Waals surface area (Å²) in [5.74, 6) is 0.864. The highest BCUT2D eigenvalue weighted by Crippen LogP contribution is 2.32. The van der Waals surface area contributed by atoms with Gasteiger partial charge in [-0.1, -0.05) is 12.1 Å². The highest BCUT2D eigenvalue weighted by Gasteiger charge is 2.24. The van der Waals surface area contributed by atoms with Crippen molar-refractivity contribution in [3.63, 3.8) is 0 Å². The molecule has 1 aromatic carbocycles. The Morgan fingerprint density at radius 2 is 2.00 bits per heavy atom. The summed E-state index contributed by atoms with van der Waals surface area (Å²) < 4.78 is 15.6. The molecular weight excluding hydrogens is 248 g/mol. The van der Waals surface area contributed by atoms with Gasteiger partial charge in [-0.3, -0.25) is 9.59 Å². The maximum Gasteiger partial charge on any atom is 0.313 e. The van der Waals surface area contributed by atoms with Crippen molar-refractivity contribution in [1.82, 2.24) is 0 Å². The Hall–Kier alpha value is -2.30. The van der Waals surface area contributed by atoms with E-state index in [4.69, 9.17) is 14.2 Å². The van der Waals surface area contributed by atoms with Gasteiger partial charge >= 0.3 is 5.97 Å². The zero-order valence-electron chi connectivity index (χ0n) is 10.1. The number of ether oxygens (including phenoxy) is 3. The molecule has 0 amide bonds. The molecule has 0 spiro atoms. The molecule has 1 fully saturated rings. The van der Waals surface area contributed by atoms with E-state index >= 15 is 0 Å². The van der Waals surface area contributed by atoms with Crippen LogP contribution < -0.4 is 9.47 Å². The van der Waals surface area contributed by atoms with Crippen molar-refractivity contribution in [2.45, 2.75) is 18.9 Å². The fourth-order valence-corrected chi connectivity index (χ4v) is 2.05. The fourth-order valence-electron chi connectivity index (χ4n) is 2.05. The molecule has 1 aromatic rings. The third kappa shape index (κ3) is 2.59. The Morgan fingerprint density at radius 3 is 2.84 bits per heavy atom. The summed E-state index contributed by atoms with van der Waals surface area (Å²) in [6, 6.07) is 5.53. The van der Waals surface area contributed by atoms with E-state index < -0.39 is 12.1 Å². The van der Waals surface area contributed by atoms with E-state index in [-0.39, 0.29) is 25.4 Å². The summed E-state index contributed by atoms with van der Waals surface area (Å²) in [6.07, 6.45) is 3.17. The summed E-state index contributed by atoms with van der Waals surface area (Å²) in [4.78, 5) is 22.4. The smallest absolute Gasteiger partial charge is 0.313 e. The first-order valence-electron chi connectivity index (χ1n) is 6.00. The van der Waals surface area contributed by atoms with Crippen molar-refractivity contribution in [1.29, 1.82) is 0 Å². The van der Waals surface area contributed by atoms with Crippen LogP contribution in [0, 0.1) is 0 Å². The van der Waals surface area contributed by atoms with E-state index in [2.05, 4.69) is 0 Å². The third-order valence-electron chi connectivity index (χ3n) is 2.95. The lowest BCUT2D eigenvalue weighted by atomic mass is 10.1. The zero-order valence-corrected chi connectivity index (χ0v) is 10.1. The van der Waals surface area contributed by atoms with Crippen molar-refractivity contribution in [2.24, 2.45) is 0 Å². The minimum atomic E-state index is -0.473. The number of carbonyl (C=O) groups excluding carboxylic acids is 2. The zero-order chi connectivity index (χ0) is 13.2. The summed E-state index contributed by atoms with van der Waals surface area (Å²) in [6.45, 7) is 0.233. The number of rotatable bonds is 2. The van der Waals surface area contributed by atoms with Crippen LogP contribution in [0.25, 0.3) is 6.08 Å². The number of Topliss-reactive ketones (excluding diaryl/α,β-unsaturated/α-hetero) is 1. The average molecular weight is 260 g/mol. The summed E-state index contributed by atoms with van der Waals surface area (Å²) in [5.41, 5.74) is 0.901. The minimum absolute atomic E-state index is 0.0865. The maximum atomic E-state index is 11.3. The average Bonchev–Trinajstić information content (AvgIpc) is 2.82. The van der Waals surface area contributed by atoms with E-state index in [1.54, 1.807) is 12.2 Å². The minimum Gasteiger partial charge on any atom is -0.457 e. The molecule has 0 aliphatic carbocycles. The molecule has 3 rings (SSSR count). The number of cyclic esters (lactones) is 1. The van der Waals surface area contributed by atoms with Crippen LogP contribution in [0.1, 0.15) is 18.4 Å². The van der Waals surface area contributed by atoms with E-state index in [1.807, 2.05) is 18.2 Å². The number of benzene rings is 1. The topological polar surface area (TPSA) is 61.8 Å². The van der Waals surface area contributed by atoms with E-state index in [0.29, 0.717) is 5.75 Å². The normalized spacial score (nSPS) is 21.8. The molecule has 1 unspecified atom stereocenters. The van der Waals surface area contributed by atoms with Gasteiger partial charge < -0.3 is 14.2 Å². The molecule has 0 aromatic heterocycles. The Balaban J connectivity index is 1.72. The van der Waals surface area contributed by atoms with Crippen molar-refractivity contribution >= 4 is 17.8 Å². The third-order valence-corrected chi connectivity index (χ3v) is 2.95. The molecule has 19 heavy (non-hydrogen) atoms. The van der Waals surface area contributed by atoms with E-state index in [9.17, 15) is 9.59 Å². The first-order chi connectivity index (χ1) is 9.20. The highest BCUT2D eigenvalue weighted by molar-refractivity contribution is 5.98. The molecule has 1 saturated heterocycles. The van der Waals surface area contributed by atoms with Gasteiger partial charge in [-0.25, -0.2) is 0 Å². The fraction of sp³-hybridized carbons (Fsp3) is 0.286. The van der Waals surface area contributed by atoms with Crippen molar-refractivity contribution in [2.75, 3.05) is 6.79 Å². The van der Waals surface area contributed by atoms with E-state index in [0.717, 1.165) is 11.3 Å². The SMILES string of the molecule is O=C1CC(=O)OC(/C=C/c2ccc3c(c2)OCO3)C1. The molecule has 2 aliphatic rings. The quantitative estimate of drug-likeness (QED) is 0.598.